The van der Waals surface area contributed by atoms with E-state index in [0.717, 1.165) is 13.2 Å². The lowest BCUT2D eigenvalue weighted by Gasteiger charge is -2.36. The van der Waals surface area contributed by atoms with Crippen LogP contribution in [0.4, 0.5) is 0 Å². The van der Waals surface area contributed by atoms with Crippen molar-refractivity contribution in [3.8, 4) is 0 Å². The summed E-state index contributed by atoms with van der Waals surface area (Å²) in [7, 11) is 0. The average Bonchev–Trinajstić information content (AvgIpc) is 3.36. The Kier molecular flexibility index (Phi) is 4.25. The highest BCUT2D eigenvalue weighted by atomic mass is 16.6. The van der Waals surface area contributed by atoms with E-state index in [-0.39, 0.29) is 0 Å². The van der Waals surface area contributed by atoms with Gasteiger partial charge in [-0.2, -0.15) is 0 Å². The second-order valence-corrected chi connectivity index (χ2v) is 7.86. The average molecular weight is 294 g/mol. The first-order chi connectivity index (χ1) is 10.3. The third-order valence-electron chi connectivity index (χ3n) is 6.05. The topological polar surface area (TPSA) is 37.6 Å². The summed E-state index contributed by atoms with van der Waals surface area (Å²) in [4.78, 5) is 0. The quantitative estimate of drug-likeness (QED) is 0.454. The Morgan fingerprint density at radius 3 is 1.95 bits per heavy atom. The molecule has 0 bridgehead atoms. The summed E-state index contributed by atoms with van der Waals surface area (Å²) >= 11 is 0. The summed E-state index contributed by atoms with van der Waals surface area (Å²) in [6, 6.07) is 0. The van der Waals surface area contributed by atoms with Gasteiger partial charge < -0.3 is 14.2 Å². The summed E-state index contributed by atoms with van der Waals surface area (Å²) in [6.45, 7) is 2.04. The zero-order chi connectivity index (χ0) is 14.1. The van der Waals surface area contributed by atoms with Crippen LogP contribution >= 0.6 is 0 Å². The first kappa shape index (κ1) is 14.5. The van der Waals surface area contributed by atoms with Crippen molar-refractivity contribution < 1.29 is 14.2 Å². The van der Waals surface area contributed by atoms with Crippen LogP contribution in [0.3, 0.4) is 0 Å². The molecule has 1 aliphatic carbocycles. The van der Waals surface area contributed by atoms with E-state index in [4.69, 9.17) is 14.2 Å². The monoisotopic (exact) mass is 294 g/mol. The number of epoxide rings is 3. The van der Waals surface area contributed by atoms with Gasteiger partial charge in [-0.15, -0.1) is 0 Å². The van der Waals surface area contributed by atoms with E-state index in [0.29, 0.717) is 29.8 Å². The Hall–Kier alpha value is -0.120. The fourth-order valence-electron chi connectivity index (χ4n) is 4.38. The molecule has 3 saturated heterocycles. The molecule has 3 nitrogen and oxygen atoms in total. The molecule has 0 amide bonds. The number of ether oxygens (including phenoxy) is 3. The maximum atomic E-state index is 5.80. The second-order valence-electron chi connectivity index (χ2n) is 7.86. The molecule has 0 aromatic carbocycles. The van der Waals surface area contributed by atoms with Crippen LogP contribution < -0.4 is 0 Å². The van der Waals surface area contributed by atoms with E-state index in [2.05, 4.69) is 0 Å². The molecule has 0 N–H and O–H groups in total. The lowest BCUT2D eigenvalue weighted by atomic mass is 9.68. The summed E-state index contributed by atoms with van der Waals surface area (Å²) in [5.41, 5.74) is 0.604. The van der Waals surface area contributed by atoms with Crippen LogP contribution in [0.25, 0.3) is 0 Å². The largest absolute Gasteiger partial charge is 0.373 e. The Labute approximate surface area is 128 Å². The van der Waals surface area contributed by atoms with E-state index in [1.165, 1.54) is 70.6 Å². The SMILES string of the molecule is C(CCC1(CCCCC2CO2)CCC2OC2C1)CC1CO1. The van der Waals surface area contributed by atoms with E-state index in [1.54, 1.807) is 0 Å². The number of hydrogen-bond donors (Lipinski definition) is 0. The zero-order valence-electron chi connectivity index (χ0n) is 13.2. The van der Waals surface area contributed by atoms with E-state index in [9.17, 15) is 0 Å². The van der Waals surface area contributed by atoms with Gasteiger partial charge in [0.2, 0.25) is 0 Å². The minimum absolute atomic E-state index is 0.604. The van der Waals surface area contributed by atoms with Crippen molar-refractivity contribution in [2.45, 2.75) is 95.0 Å². The van der Waals surface area contributed by atoms with Crippen LogP contribution in [-0.2, 0) is 14.2 Å². The Balaban J connectivity index is 1.21. The molecule has 4 atom stereocenters. The minimum Gasteiger partial charge on any atom is -0.373 e. The van der Waals surface area contributed by atoms with Gasteiger partial charge in [0.05, 0.1) is 37.6 Å². The molecule has 3 heterocycles. The third kappa shape index (κ3) is 4.20. The van der Waals surface area contributed by atoms with E-state index in [1.807, 2.05) is 0 Å². The minimum atomic E-state index is 0.604. The van der Waals surface area contributed by atoms with Crippen LogP contribution in [0.2, 0.25) is 0 Å². The molecule has 120 valence electrons. The van der Waals surface area contributed by atoms with Crippen molar-refractivity contribution in [1.82, 2.24) is 0 Å². The predicted octanol–water partition coefficient (Wildman–Crippen LogP) is 3.84. The number of fused-ring (bicyclic) bond motifs is 1. The predicted molar refractivity (Wildman–Crippen MR) is 81.4 cm³/mol. The molecule has 3 aliphatic heterocycles. The number of unbranched alkanes of at least 4 members (excludes halogenated alkanes) is 2. The fraction of sp³-hybridized carbons (Fsp3) is 1.00. The first-order valence-corrected chi connectivity index (χ1v) is 9.22. The summed E-state index contributed by atoms with van der Waals surface area (Å²) in [6.07, 6.45) is 17.5. The summed E-state index contributed by atoms with van der Waals surface area (Å²) < 4.78 is 16.5. The number of rotatable bonds is 10. The molecular weight excluding hydrogens is 264 g/mol. The van der Waals surface area contributed by atoms with E-state index >= 15 is 0 Å². The molecule has 4 rings (SSSR count). The highest BCUT2D eigenvalue weighted by Crippen LogP contribution is 2.51. The van der Waals surface area contributed by atoms with Crippen molar-refractivity contribution in [2.75, 3.05) is 13.2 Å². The van der Waals surface area contributed by atoms with Crippen LogP contribution in [-0.4, -0.2) is 37.6 Å². The molecule has 4 unspecified atom stereocenters. The highest BCUT2D eigenvalue weighted by Gasteiger charge is 2.49. The molecule has 4 aliphatic rings. The molecule has 0 radical (unpaired) electrons. The molecule has 4 fully saturated rings. The highest BCUT2D eigenvalue weighted by molar-refractivity contribution is 4.98. The van der Waals surface area contributed by atoms with Gasteiger partial charge in [0.1, 0.15) is 0 Å². The standard InChI is InChI=1S/C18H30O3/c1(5-14-12-19-14)3-8-18(9-4-2-6-15-13-20-15)10-7-16-17(11-18)21-16/h14-17H,1-13H2. The van der Waals surface area contributed by atoms with Crippen molar-refractivity contribution >= 4 is 0 Å². The van der Waals surface area contributed by atoms with Gasteiger partial charge in [0, 0.05) is 0 Å². The van der Waals surface area contributed by atoms with Crippen LogP contribution in [0.15, 0.2) is 0 Å². The smallest absolute Gasteiger partial charge is 0.0847 e. The number of hydrogen-bond acceptors (Lipinski definition) is 3. The molecule has 0 aromatic rings. The van der Waals surface area contributed by atoms with E-state index < -0.39 is 0 Å². The van der Waals surface area contributed by atoms with Crippen molar-refractivity contribution in [3.63, 3.8) is 0 Å². The first-order valence-electron chi connectivity index (χ1n) is 9.22. The molecule has 0 spiro atoms. The summed E-state index contributed by atoms with van der Waals surface area (Å²) in [5.74, 6) is 0. The molecule has 0 aromatic heterocycles. The van der Waals surface area contributed by atoms with Crippen LogP contribution in [0, 0.1) is 5.41 Å². The van der Waals surface area contributed by atoms with Gasteiger partial charge >= 0.3 is 0 Å². The van der Waals surface area contributed by atoms with Crippen molar-refractivity contribution in [2.24, 2.45) is 5.41 Å². The van der Waals surface area contributed by atoms with Crippen LogP contribution in [0.5, 0.6) is 0 Å². The lowest BCUT2D eigenvalue weighted by molar-refractivity contribution is 0.158. The Morgan fingerprint density at radius 2 is 1.43 bits per heavy atom. The summed E-state index contributed by atoms with van der Waals surface area (Å²) in [5, 5.41) is 0. The molecule has 3 heteroatoms. The van der Waals surface area contributed by atoms with Gasteiger partial charge in [0.15, 0.2) is 0 Å². The fourth-order valence-corrected chi connectivity index (χ4v) is 4.38. The molecular formula is C18H30O3. The second kappa shape index (κ2) is 6.17. The van der Waals surface area contributed by atoms with Crippen molar-refractivity contribution in [1.29, 1.82) is 0 Å². The Morgan fingerprint density at radius 1 is 0.810 bits per heavy atom. The van der Waals surface area contributed by atoms with Crippen LogP contribution in [0.1, 0.15) is 70.6 Å². The zero-order valence-corrected chi connectivity index (χ0v) is 13.2. The molecule has 21 heavy (non-hydrogen) atoms. The van der Waals surface area contributed by atoms with Gasteiger partial charge in [0.25, 0.3) is 0 Å². The van der Waals surface area contributed by atoms with Gasteiger partial charge in [-0.3, -0.25) is 0 Å². The third-order valence-corrected chi connectivity index (χ3v) is 6.05. The Bertz CT molecular complexity index is 328. The van der Waals surface area contributed by atoms with Gasteiger partial charge in [-0.1, -0.05) is 25.7 Å². The van der Waals surface area contributed by atoms with Gasteiger partial charge in [-0.25, -0.2) is 0 Å². The maximum Gasteiger partial charge on any atom is 0.0847 e. The van der Waals surface area contributed by atoms with Crippen molar-refractivity contribution in [3.05, 3.63) is 0 Å². The maximum absolute atomic E-state index is 5.80. The molecule has 1 saturated carbocycles. The van der Waals surface area contributed by atoms with Gasteiger partial charge in [-0.05, 0) is 50.4 Å². The lowest BCUT2D eigenvalue weighted by Crippen LogP contribution is -2.28. The normalized spacial score (nSPS) is 43.4.